The van der Waals surface area contributed by atoms with Gasteiger partial charge in [-0.2, -0.15) is 0 Å². The van der Waals surface area contributed by atoms with E-state index in [0.717, 1.165) is 6.08 Å². The summed E-state index contributed by atoms with van der Waals surface area (Å²) in [5.41, 5.74) is -6.46. The Balaban J connectivity index is 1.87. The fraction of sp³-hybridized carbons (Fsp3) is 0.708. The van der Waals surface area contributed by atoms with Gasteiger partial charge in [-0.3, -0.25) is 14.4 Å². The van der Waals surface area contributed by atoms with Crippen LogP contribution >= 0.6 is 12.6 Å². The summed E-state index contributed by atoms with van der Waals surface area (Å²) in [6.45, 7) is 6.62. The van der Waals surface area contributed by atoms with Crippen molar-refractivity contribution in [3.8, 4) is 0 Å². The number of hydrogen-bond donors (Lipinski definition) is 2. The van der Waals surface area contributed by atoms with Crippen molar-refractivity contribution in [1.82, 2.24) is 0 Å². The number of halogens is 2. The van der Waals surface area contributed by atoms with Gasteiger partial charge in [0.05, 0.1) is 6.10 Å². The second-order valence-electron chi connectivity index (χ2n) is 10.4. The van der Waals surface area contributed by atoms with E-state index in [0.29, 0.717) is 6.42 Å². The predicted molar refractivity (Wildman–Crippen MR) is 116 cm³/mol. The van der Waals surface area contributed by atoms with Gasteiger partial charge >= 0.3 is 5.97 Å². The number of aliphatic hydroxyl groups excluding tert-OH is 1. The molecule has 2 unspecified atom stereocenters. The fourth-order valence-electron chi connectivity index (χ4n) is 7.49. The van der Waals surface area contributed by atoms with E-state index in [4.69, 9.17) is 4.74 Å². The van der Waals surface area contributed by atoms with E-state index >= 15 is 8.78 Å². The maximum atomic E-state index is 17.1. The lowest BCUT2D eigenvalue weighted by molar-refractivity contribution is -0.228. The second-order valence-corrected chi connectivity index (χ2v) is 10.8. The van der Waals surface area contributed by atoms with E-state index < -0.39 is 69.0 Å². The monoisotopic (exact) mass is 468 g/mol. The zero-order valence-electron chi connectivity index (χ0n) is 18.7. The molecule has 3 saturated carbocycles. The summed E-state index contributed by atoms with van der Waals surface area (Å²) in [4.78, 5) is 37.2. The van der Waals surface area contributed by atoms with Crippen molar-refractivity contribution in [1.29, 1.82) is 0 Å². The van der Waals surface area contributed by atoms with Gasteiger partial charge in [-0.15, -0.1) is 12.6 Å². The molecule has 32 heavy (non-hydrogen) atoms. The van der Waals surface area contributed by atoms with Gasteiger partial charge in [0, 0.05) is 29.1 Å². The molecule has 0 amide bonds. The largest absolute Gasteiger partial charge is 0.449 e. The molecule has 5 nitrogen and oxygen atoms in total. The molecule has 0 spiro atoms. The molecule has 9 atom stereocenters. The average molecular weight is 469 g/mol. The smallest absolute Gasteiger partial charge is 0.306 e. The number of carbonyl (C=O) groups excluding carboxylic acids is 3. The van der Waals surface area contributed by atoms with E-state index in [-0.39, 0.29) is 24.8 Å². The maximum Gasteiger partial charge on any atom is 0.306 e. The van der Waals surface area contributed by atoms with Crippen molar-refractivity contribution in [2.24, 2.45) is 28.6 Å². The van der Waals surface area contributed by atoms with Gasteiger partial charge in [0.2, 0.25) is 5.12 Å². The minimum atomic E-state index is -2.24. The van der Waals surface area contributed by atoms with Crippen molar-refractivity contribution in [3.63, 3.8) is 0 Å². The molecule has 0 aromatic carbocycles. The van der Waals surface area contributed by atoms with Crippen molar-refractivity contribution >= 4 is 29.5 Å². The maximum absolute atomic E-state index is 17.1. The van der Waals surface area contributed by atoms with Crippen LogP contribution in [0, 0.1) is 28.6 Å². The standard InChI is InChI=1S/C24H30F2O5S/c1-5-19(29)31-24(20(30)32)12(2)8-14-15-10-17(25)16-9-13(27)6-7-21(16,3)23(15,26)18(28)11-22(14,24)4/h6-7,9,12,14-15,17-18,28H,5,8,10-11H2,1-4H3,(H,30,32)/t12-,14?,15?,17-,18-,21-,22-,23-,24-/m0/s1. The second kappa shape index (κ2) is 7.23. The van der Waals surface area contributed by atoms with Crippen LogP contribution < -0.4 is 0 Å². The first-order valence-electron chi connectivity index (χ1n) is 11.2. The van der Waals surface area contributed by atoms with Crippen molar-refractivity contribution in [2.45, 2.75) is 76.9 Å². The molecule has 0 bridgehead atoms. The zero-order valence-corrected chi connectivity index (χ0v) is 19.6. The molecule has 0 aliphatic heterocycles. The molecular formula is C24H30F2O5S. The van der Waals surface area contributed by atoms with Gasteiger partial charge in [0.25, 0.3) is 0 Å². The number of rotatable bonds is 3. The SMILES string of the molecule is CCC(=O)O[C@]1(C(=O)S)[C@@H](C)CC2C3C[C@H](F)C4=CC(=O)C=C[C@]4(C)[C@@]3(F)[C@@H](O)C[C@@]21C. The Bertz CT molecular complexity index is 949. The number of allylic oxidation sites excluding steroid dienone is 4. The molecule has 8 heteroatoms. The number of aliphatic hydroxyl groups is 1. The van der Waals surface area contributed by atoms with Crippen LogP contribution in [0.2, 0.25) is 0 Å². The highest BCUT2D eigenvalue weighted by molar-refractivity contribution is 7.96. The lowest BCUT2D eigenvalue weighted by Gasteiger charge is -2.63. The van der Waals surface area contributed by atoms with Crippen LogP contribution in [0.15, 0.2) is 23.8 Å². The summed E-state index contributed by atoms with van der Waals surface area (Å²) in [7, 11) is 0. The molecule has 0 radical (unpaired) electrons. The van der Waals surface area contributed by atoms with Crippen LogP contribution in [-0.4, -0.2) is 45.5 Å². The van der Waals surface area contributed by atoms with Crippen LogP contribution in [0.4, 0.5) is 8.78 Å². The molecule has 1 N–H and O–H groups in total. The highest BCUT2D eigenvalue weighted by Crippen LogP contribution is 2.71. The summed E-state index contributed by atoms with van der Waals surface area (Å²) in [6, 6.07) is 0. The summed E-state index contributed by atoms with van der Waals surface area (Å²) in [6.07, 6.45) is 0.619. The number of esters is 1. The van der Waals surface area contributed by atoms with E-state index in [1.165, 1.54) is 19.1 Å². The van der Waals surface area contributed by atoms with E-state index in [9.17, 15) is 19.5 Å². The number of hydrogen-bond acceptors (Lipinski definition) is 5. The first-order chi connectivity index (χ1) is 14.8. The van der Waals surface area contributed by atoms with Gasteiger partial charge in [-0.25, -0.2) is 8.78 Å². The molecule has 0 saturated heterocycles. The van der Waals surface area contributed by atoms with E-state index in [1.807, 2.05) is 0 Å². The minimum absolute atomic E-state index is 0.0476. The lowest BCUT2D eigenvalue weighted by atomic mass is 9.44. The van der Waals surface area contributed by atoms with Crippen LogP contribution in [0.3, 0.4) is 0 Å². The fourth-order valence-corrected chi connectivity index (χ4v) is 8.01. The summed E-state index contributed by atoms with van der Waals surface area (Å²) < 4.78 is 38.3. The highest BCUT2D eigenvalue weighted by Gasteiger charge is 2.77. The quantitative estimate of drug-likeness (QED) is 0.488. The van der Waals surface area contributed by atoms with Crippen molar-refractivity contribution < 1.29 is 33.0 Å². The van der Waals surface area contributed by atoms with Crippen LogP contribution in [-0.2, 0) is 19.1 Å². The van der Waals surface area contributed by atoms with Crippen LogP contribution in [0.25, 0.3) is 0 Å². The van der Waals surface area contributed by atoms with Crippen LogP contribution in [0.1, 0.15) is 53.4 Å². The third-order valence-electron chi connectivity index (χ3n) is 9.05. The minimum Gasteiger partial charge on any atom is -0.449 e. The summed E-state index contributed by atoms with van der Waals surface area (Å²) in [5, 5.41) is 10.7. The van der Waals surface area contributed by atoms with Crippen molar-refractivity contribution in [3.05, 3.63) is 23.8 Å². The Labute approximate surface area is 192 Å². The van der Waals surface area contributed by atoms with Gasteiger partial charge in [0.1, 0.15) is 6.17 Å². The first-order valence-corrected chi connectivity index (χ1v) is 11.7. The number of ether oxygens (including phenoxy) is 1. The third kappa shape index (κ3) is 2.62. The number of carbonyl (C=O) groups is 3. The predicted octanol–water partition coefficient (Wildman–Crippen LogP) is 3.70. The van der Waals surface area contributed by atoms with Crippen molar-refractivity contribution in [2.75, 3.05) is 0 Å². The average Bonchev–Trinajstić information content (AvgIpc) is 2.93. The molecule has 4 rings (SSSR count). The number of ketones is 1. The molecule has 4 aliphatic rings. The van der Waals surface area contributed by atoms with Gasteiger partial charge < -0.3 is 9.84 Å². The Morgan fingerprint density at radius 3 is 2.53 bits per heavy atom. The van der Waals surface area contributed by atoms with Gasteiger partial charge in [0.15, 0.2) is 17.1 Å². The third-order valence-corrected chi connectivity index (χ3v) is 9.38. The lowest BCUT2D eigenvalue weighted by Crippen LogP contribution is -2.70. The van der Waals surface area contributed by atoms with E-state index in [2.05, 4.69) is 12.6 Å². The molecule has 4 aliphatic carbocycles. The van der Waals surface area contributed by atoms with Gasteiger partial charge in [-0.05, 0) is 49.8 Å². The molecule has 176 valence electrons. The molecule has 0 heterocycles. The Kier molecular flexibility index (Phi) is 5.33. The molecule has 0 aromatic heterocycles. The zero-order chi connectivity index (χ0) is 23.9. The Morgan fingerprint density at radius 2 is 1.94 bits per heavy atom. The number of thiol groups is 1. The summed E-state index contributed by atoms with van der Waals surface area (Å²) >= 11 is 4.09. The normalized spacial score (nSPS) is 49.6. The number of alkyl halides is 2. The Morgan fingerprint density at radius 1 is 1.28 bits per heavy atom. The van der Waals surface area contributed by atoms with E-state index in [1.54, 1.807) is 20.8 Å². The topological polar surface area (TPSA) is 80.7 Å². The van der Waals surface area contributed by atoms with Gasteiger partial charge in [-0.1, -0.05) is 26.8 Å². The number of fused-ring (bicyclic) bond motifs is 5. The Hall–Kier alpha value is -1.54. The molecule has 3 fully saturated rings. The molecule has 0 aromatic rings. The van der Waals surface area contributed by atoms with Crippen LogP contribution in [0.5, 0.6) is 0 Å². The molecular weight excluding hydrogens is 438 g/mol. The summed E-state index contributed by atoms with van der Waals surface area (Å²) in [5.74, 6) is -2.94. The highest BCUT2D eigenvalue weighted by atomic mass is 32.1. The first kappa shape index (κ1) is 23.6.